The van der Waals surface area contributed by atoms with Gasteiger partial charge in [0.15, 0.2) is 0 Å². The van der Waals surface area contributed by atoms with Crippen LogP contribution in [0, 0.1) is 24.7 Å². The summed E-state index contributed by atoms with van der Waals surface area (Å²) < 4.78 is 5.62. The number of aromatic nitrogens is 2. The van der Waals surface area contributed by atoms with Crippen molar-refractivity contribution in [2.24, 2.45) is 11.1 Å². The second-order valence-corrected chi connectivity index (χ2v) is 11.3. The third kappa shape index (κ3) is 5.29. The Morgan fingerprint density at radius 1 is 1.03 bits per heavy atom. The van der Waals surface area contributed by atoms with Crippen molar-refractivity contribution in [2.45, 2.75) is 59.8 Å². The SMILES string of the molecule is C/C(=C\C(=C(/C)c1ccc2nc(-c3sc(C)nc3C)ccc2c1)C1CCCCC1)c1cc(C(=O)N=O)co1. The fourth-order valence-electron chi connectivity index (χ4n) is 5.38. The van der Waals surface area contributed by atoms with Gasteiger partial charge in [-0.2, -0.15) is 0 Å². The lowest BCUT2D eigenvalue weighted by Gasteiger charge is -2.25. The number of nitrogens with zero attached hydrogens (tertiary/aromatic N) is 3. The molecule has 1 aromatic carbocycles. The first-order valence-electron chi connectivity index (χ1n) is 13.1. The minimum Gasteiger partial charge on any atom is -0.464 e. The number of nitroso groups, excluding NO2 is 1. The van der Waals surface area contributed by atoms with E-state index in [0.717, 1.165) is 50.6 Å². The summed E-state index contributed by atoms with van der Waals surface area (Å²) >= 11 is 1.68. The first-order chi connectivity index (χ1) is 18.3. The maximum Gasteiger partial charge on any atom is 0.320 e. The molecule has 0 unspecified atom stereocenters. The van der Waals surface area contributed by atoms with E-state index in [1.807, 2.05) is 20.8 Å². The Kier molecular flexibility index (Phi) is 7.47. The van der Waals surface area contributed by atoms with E-state index in [1.54, 1.807) is 17.4 Å². The standard InChI is InChI=1S/C31H31N3O3S/c1-18(29-16-25(17-37-29)31(35)34-36)14-26(22-8-6-5-7-9-22)19(2)23-10-12-27-24(15-23)11-13-28(33-27)30-20(3)32-21(4)38-30/h10-17,22H,5-9H2,1-4H3/b18-14+,26-19-. The van der Waals surface area contributed by atoms with Crippen LogP contribution >= 0.6 is 11.3 Å². The predicted molar refractivity (Wildman–Crippen MR) is 154 cm³/mol. The Morgan fingerprint density at radius 3 is 2.53 bits per heavy atom. The van der Waals surface area contributed by atoms with E-state index in [0.29, 0.717) is 11.7 Å². The summed E-state index contributed by atoms with van der Waals surface area (Å²) in [5.41, 5.74) is 7.72. The Hall–Kier alpha value is -3.71. The lowest BCUT2D eigenvalue weighted by atomic mass is 9.80. The van der Waals surface area contributed by atoms with Gasteiger partial charge >= 0.3 is 5.91 Å². The molecule has 0 radical (unpaired) electrons. The van der Waals surface area contributed by atoms with Gasteiger partial charge in [-0.25, -0.2) is 9.97 Å². The van der Waals surface area contributed by atoms with Gasteiger partial charge in [0.1, 0.15) is 12.0 Å². The second-order valence-electron chi connectivity index (χ2n) is 10.1. The molecule has 1 saturated carbocycles. The van der Waals surface area contributed by atoms with Crippen LogP contribution in [0.4, 0.5) is 0 Å². The fourth-order valence-corrected chi connectivity index (χ4v) is 6.27. The van der Waals surface area contributed by atoms with E-state index >= 15 is 0 Å². The van der Waals surface area contributed by atoms with Crippen LogP contribution in [-0.2, 0) is 0 Å². The van der Waals surface area contributed by atoms with Crippen molar-refractivity contribution < 1.29 is 9.21 Å². The molecule has 38 heavy (non-hydrogen) atoms. The Balaban J connectivity index is 1.54. The minimum atomic E-state index is -0.819. The number of aryl methyl sites for hydroxylation is 2. The topological polar surface area (TPSA) is 85.4 Å². The number of amides is 1. The molecule has 3 heterocycles. The fraction of sp³-hybridized carbons (Fsp3) is 0.323. The van der Waals surface area contributed by atoms with Crippen LogP contribution in [0.1, 0.15) is 78.3 Å². The van der Waals surface area contributed by atoms with Gasteiger partial charge in [-0.15, -0.1) is 16.2 Å². The number of allylic oxidation sites excluding steroid dienone is 4. The average molecular weight is 526 g/mol. The lowest BCUT2D eigenvalue weighted by Crippen LogP contribution is -2.10. The molecule has 0 spiro atoms. The summed E-state index contributed by atoms with van der Waals surface area (Å²) in [6.07, 6.45) is 9.51. The van der Waals surface area contributed by atoms with Gasteiger partial charge in [0.2, 0.25) is 0 Å². The zero-order valence-electron chi connectivity index (χ0n) is 22.2. The number of benzene rings is 1. The van der Waals surface area contributed by atoms with Crippen molar-refractivity contribution in [1.29, 1.82) is 0 Å². The van der Waals surface area contributed by atoms with Gasteiger partial charge in [-0.3, -0.25) is 4.79 Å². The van der Waals surface area contributed by atoms with Crippen molar-refractivity contribution in [3.05, 3.63) is 86.8 Å². The number of thiazole rings is 1. The molecule has 1 amide bonds. The van der Waals surface area contributed by atoms with Gasteiger partial charge in [-0.1, -0.05) is 37.5 Å². The molecule has 0 saturated heterocycles. The monoisotopic (exact) mass is 525 g/mol. The molecule has 0 bridgehead atoms. The maximum atomic E-state index is 11.7. The summed E-state index contributed by atoms with van der Waals surface area (Å²) in [6, 6.07) is 12.3. The average Bonchev–Trinajstić information content (AvgIpc) is 3.57. The molecule has 1 aliphatic carbocycles. The van der Waals surface area contributed by atoms with Crippen LogP contribution in [0.15, 0.2) is 63.9 Å². The zero-order chi connectivity index (χ0) is 26.8. The smallest absolute Gasteiger partial charge is 0.320 e. The van der Waals surface area contributed by atoms with Crippen LogP contribution in [0.2, 0.25) is 0 Å². The van der Waals surface area contributed by atoms with Crippen molar-refractivity contribution >= 4 is 39.3 Å². The van der Waals surface area contributed by atoms with E-state index in [-0.39, 0.29) is 5.56 Å². The molecule has 0 N–H and O–H groups in total. The van der Waals surface area contributed by atoms with Crippen molar-refractivity contribution in [1.82, 2.24) is 9.97 Å². The molecule has 7 heteroatoms. The van der Waals surface area contributed by atoms with Crippen LogP contribution in [0.5, 0.6) is 0 Å². The Bertz CT molecular complexity index is 1580. The number of hydrogen-bond acceptors (Lipinski definition) is 6. The molecular weight excluding hydrogens is 494 g/mol. The highest BCUT2D eigenvalue weighted by Crippen LogP contribution is 2.37. The number of carbonyl (C=O) groups excluding carboxylic acids is 1. The first-order valence-corrected chi connectivity index (χ1v) is 13.9. The zero-order valence-corrected chi connectivity index (χ0v) is 23.0. The third-order valence-electron chi connectivity index (χ3n) is 7.43. The van der Waals surface area contributed by atoms with E-state index in [4.69, 9.17) is 9.40 Å². The molecule has 6 nitrogen and oxygen atoms in total. The molecule has 194 valence electrons. The predicted octanol–water partition coefficient (Wildman–Crippen LogP) is 8.93. The normalized spacial score (nSPS) is 15.5. The van der Waals surface area contributed by atoms with Crippen molar-refractivity contribution in [2.75, 3.05) is 0 Å². The van der Waals surface area contributed by atoms with E-state index in [9.17, 15) is 9.70 Å². The minimum absolute atomic E-state index is 0.174. The highest BCUT2D eigenvalue weighted by molar-refractivity contribution is 7.15. The molecular formula is C31H31N3O3S. The number of carbonyl (C=O) groups is 1. The Labute approximate surface area is 226 Å². The number of furan rings is 1. The first kappa shape index (κ1) is 25.9. The quantitative estimate of drug-likeness (QED) is 0.185. The summed E-state index contributed by atoms with van der Waals surface area (Å²) in [5.74, 6) is 0.211. The molecule has 0 aliphatic heterocycles. The number of hydrogen-bond donors (Lipinski definition) is 0. The highest BCUT2D eigenvalue weighted by atomic mass is 32.1. The summed E-state index contributed by atoms with van der Waals surface area (Å²) in [6.45, 7) is 8.22. The largest absolute Gasteiger partial charge is 0.464 e. The van der Waals surface area contributed by atoms with Crippen LogP contribution in [-0.4, -0.2) is 15.9 Å². The molecule has 0 atom stereocenters. The maximum absolute atomic E-state index is 11.7. The summed E-state index contributed by atoms with van der Waals surface area (Å²) in [5, 5.41) is 4.65. The Morgan fingerprint density at radius 2 is 1.82 bits per heavy atom. The van der Waals surface area contributed by atoms with Crippen LogP contribution in [0.3, 0.4) is 0 Å². The molecule has 5 rings (SSSR count). The van der Waals surface area contributed by atoms with Gasteiger partial charge in [-0.05, 0) is 93.0 Å². The summed E-state index contributed by atoms with van der Waals surface area (Å²) in [7, 11) is 0. The highest BCUT2D eigenvalue weighted by Gasteiger charge is 2.21. The number of pyridine rings is 1. The van der Waals surface area contributed by atoms with Gasteiger partial charge in [0.05, 0.1) is 32.4 Å². The second kappa shape index (κ2) is 11.0. The molecule has 4 aromatic rings. The van der Waals surface area contributed by atoms with E-state index in [1.165, 1.54) is 42.2 Å². The molecule has 1 fully saturated rings. The van der Waals surface area contributed by atoms with E-state index in [2.05, 4.69) is 53.5 Å². The number of rotatable bonds is 6. The van der Waals surface area contributed by atoms with Gasteiger partial charge < -0.3 is 4.42 Å². The summed E-state index contributed by atoms with van der Waals surface area (Å²) in [4.78, 5) is 32.9. The molecule has 1 aliphatic rings. The third-order valence-corrected chi connectivity index (χ3v) is 8.52. The number of fused-ring (bicyclic) bond motifs is 1. The van der Waals surface area contributed by atoms with Crippen molar-refractivity contribution in [3.63, 3.8) is 0 Å². The van der Waals surface area contributed by atoms with Gasteiger partial charge in [0.25, 0.3) is 0 Å². The van der Waals surface area contributed by atoms with Crippen LogP contribution < -0.4 is 0 Å². The van der Waals surface area contributed by atoms with Crippen LogP contribution in [0.25, 0.3) is 32.6 Å². The van der Waals surface area contributed by atoms with Gasteiger partial charge in [0, 0.05) is 10.6 Å². The van der Waals surface area contributed by atoms with Crippen molar-refractivity contribution in [3.8, 4) is 10.6 Å². The van der Waals surface area contributed by atoms with E-state index < -0.39 is 5.91 Å². The lowest BCUT2D eigenvalue weighted by molar-refractivity contribution is 0.1000. The molecule has 3 aromatic heterocycles.